The number of hydrogen-bond donors (Lipinski definition) is 1. The highest BCUT2D eigenvalue weighted by Gasteiger charge is 2.09. The van der Waals surface area contributed by atoms with Gasteiger partial charge in [0.25, 0.3) is 0 Å². The molecule has 4 nitrogen and oxygen atoms in total. The molecule has 1 aromatic heterocycles. The molecule has 0 bridgehead atoms. The van der Waals surface area contributed by atoms with E-state index in [-0.39, 0.29) is 18.1 Å². The molecule has 0 radical (unpaired) electrons. The number of carbonyl (C=O) groups excluding carboxylic acids is 1. The average Bonchev–Trinajstić information content (AvgIpc) is 3.03. The first-order valence-electron chi connectivity index (χ1n) is 7.36. The molecule has 6 heteroatoms. The van der Waals surface area contributed by atoms with Crippen LogP contribution in [0.2, 0.25) is 5.02 Å². The monoisotopic (exact) mass is 344 g/mol. The van der Waals surface area contributed by atoms with E-state index in [0.717, 1.165) is 5.56 Å². The predicted molar refractivity (Wildman–Crippen MR) is 90.3 cm³/mol. The van der Waals surface area contributed by atoms with Crippen molar-refractivity contribution in [2.75, 3.05) is 5.32 Å². The Bertz CT molecular complexity index is 846. The number of aryl methyl sites for hydroxylation is 1. The van der Waals surface area contributed by atoms with Crippen LogP contribution in [-0.2, 0) is 11.2 Å². The Hall–Kier alpha value is -2.66. The van der Waals surface area contributed by atoms with Gasteiger partial charge in [-0.1, -0.05) is 17.7 Å². The van der Waals surface area contributed by atoms with Crippen LogP contribution < -0.4 is 5.32 Å². The molecule has 0 aliphatic rings. The quantitative estimate of drug-likeness (QED) is 0.729. The molecular weight excluding hydrogens is 331 g/mol. The molecule has 122 valence electrons. The van der Waals surface area contributed by atoms with E-state index in [1.54, 1.807) is 42.6 Å². The first-order valence-corrected chi connectivity index (χ1v) is 7.74. The lowest BCUT2D eigenvalue weighted by atomic mass is 10.2. The van der Waals surface area contributed by atoms with E-state index >= 15 is 0 Å². The van der Waals surface area contributed by atoms with Crippen LogP contribution in [0, 0.1) is 5.82 Å². The lowest BCUT2D eigenvalue weighted by molar-refractivity contribution is -0.116. The van der Waals surface area contributed by atoms with E-state index in [0.29, 0.717) is 28.8 Å². The van der Waals surface area contributed by atoms with Gasteiger partial charge in [0.05, 0.1) is 6.20 Å². The first-order chi connectivity index (χ1) is 11.6. The van der Waals surface area contributed by atoms with E-state index in [4.69, 9.17) is 16.0 Å². The maximum absolute atomic E-state index is 12.9. The van der Waals surface area contributed by atoms with Gasteiger partial charge >= 0.3 is 0 Å². The van der Waals surface area contributed by atoms with Crippen LogP contribution in [0.4, 0.5) is 10.1 Å². The van der Waals surface area contributed by atoms with Crippen molar-refractivity contribution < 1.29 is 13.6 Å². The van der Waals surface area contributed by atoms with Gasteiger partial charge in [-0.05, 0) is 42.5 Å². The maximum atomic E-state index is 12.9. The lowest BCUT2D eigenvalue weighted by Gasteiger charge is -2.04. The summed E-state index contributed by atoms with van der Waals surface area (Å²) in [7, 11) is 0. The van der Waals surface area contributed by atoms with Gasteiger partial charge in [-0.25, -0.2) is 9.37 Å². The second-order valence-electron chi connectivity index (χ2n) is 5.18. The molecule has 2 aromatic carbocycles. The van der Waals surface area contributed by atoms with Crippen molar-refractivity contribution in [3.05, 3.63) is 71.5 Å². The fraction of sp³-hybridized carbons (Fsp3) is 0.111. The van der Waals surface area contributed by atoms with Crippen molar-refractivity contribution in [1.82, 2.24) is 4.98 Å². The molecule has 0 fully saturated rings. The summed E-state index contributed by atoms with van der Waals surface area (Å²) in [6.45, 7) is 0. The summed E-state index contributed by atoms with van der Waals surface area (Å²) in [6.07, 6.45) is 2.17. The topological polar surface area (TPSA) is 55.1 Å². The Labute approximate surface area is 143 Å². The zero-order valence-electron chi connectivity index (χ0n) is 12.6. The Kier molecular flexibility index (Phi) is 4.91. The van der Waals surface area contributed by atoms with E-state index in [2.05, 4.69) is 10.3 Å². The molecule has 0 saturated heterocycles. The van der Waals surface area contributed by atoms with Gasteiger partial charge in [0.15, 0.2) is 11.7 Å². The Morgan fingerprint density at radius 3 is 2.75 bits per heavy atom. The highest BCUT2D eigenvalue weighted by atomic mass is 35.5. The molecule has 1 N–H and O–H groups in total. The Morgan fingerprint density at radius 2 is 2.00 bits per heavy atom. The standard InChI is InChI=1S/C18H14ClFN2O2/c19-13-2-1-3-15(10-13)22-17(23)8-9-18-21-11-16(24-18)12-4-6-14(20)7-5-12/h1-7,10-11H,8-9H2,(H,22,23). The van der Waals surface area contributed by atoms with Crippen molar-refractivity contribution in [3.63, 3.8) is 0 Å². The molecule has 3 rings (SSSR count). The van der Waals surface area contributed by atoms with Crippen molar-refractivity contribution in [2.24, 2.45) is 0 Å². The smallest absolute Gasteiger partial charge is 0.224 e. The molecule has 1 amide bonds. The van der Waals surface area contributed by atoms with Crippen molar-refractivity contribution in [2.45, 2.75) is 12.8 Å². The number of amides is 1. The summed E-state index contributed by atoms with van der Waals surface area (Å²) in [5.74, 6) is 0.533. The highest BCUT2D eigenvalue weighted by molar-refractivity contribution is 6.30. The number of hydrogen-bond acceptors (Lipinski definition) is 3. The molecule has 0 aliphatic heterocycles. The molecule has 1 heterocycles. The van der Waals surface area contributed by atoms with Crippen LogP contribution in [0.1, 0.15) is 12.3 Å². The maximum Gasteiger partial charge on any atom is 0.224 e. The number of anilines is 1. The van der Waals surface area contributed by atoms with Crippen molar-refractivity contribution >= 4 is 23.2 Å². The SMILES string of the molecule is O=C(CCc1ncc(-c2ccc(F)cc2)o1)Nc1cccc(Cl)c1. The van der Waals surface area contributed by atoms with Crippen LogP contribution in [0.5, 0.6) is 0 Å². The summed E-state index contributed by atoms with van der Waals surface area (Å²) in [6, 6.07) is 12.9. The summed E-state index contributed by atoms with van der Waals surface area (Å²) in [5.41, 5.74) is 1.38. The molecule has 24 heavy (non-hydrogen) atoms. The van der Waals surface area contributed by atoms with Gasteiger partial charge in [-0.2, -0.15) is 0 Å². The summed E-state index contributed by atoms with van der Waals surface area (Å²) in [4.78, 5) is 16.1. The lowest BCUT2D eigenvalue weighted by Crippen LogP contribution is -2.12. The number of carbonyl (C=O) groups is 1. The average molecular weight is 345 g/mol. The minimum absolute atomic E-state index is 0.154. The summed E-state index contributed by atoms with van der Waals surface area (Å²) in [5, 5.41) is 3.32. The van der Waals surface area contributed by atoms with E-state index in [1.165, 1.54) is 12.1 Å². The number of oxazole rings is 1. The molecular formula is C18H14ClFN2O2. The van der Waals surface area contributed by atoms with E-state index < -0.39 is 0 Å². The molecule has 0 atom stereocenters. The van der Waals surface area contributed by atoms with Crippen LogP contribution in [0.15, 0.2) is 59.1 Å². The molecule has 0 spiro atoms. The molecule has 0 aliphatic carbocycles. The zero-order valence-corrected chi connectivity index (χ0v) is 13.4. The zero-order chi connectivity index (χ0) is 16.9. The van der Waals surface area contributed by atoms with Crippen molar-refractivity contribution in [3.8, 4) is 11.3 Å². The van der Waals surface area contributed by atoms with Gasteiger partial charge in [-0.15, -0.1) is 0 Å². The van der Waals surface area contributed by atoms with Gasteiger partial charge in [0, 0.05) is 29.1 Å². The minimum Gasteiger partial charge on any atom is -0.441 e. The number of benzene rings is 2. The van der Waals surface area contributed by atoms with Crippen LogP contribution in [0.3, 0.4) is 0 Å². The van der Waals surface area contributed by atoms with Crippen LogP contribution in [-0.4, -0.2) is 10.9 Å². The molecule has 3 aromatic rings. The second kappa shape index (κ2) is 7.27. The summed E-state index contributed by atoms with van der Waals surface area (Å²) >= 11 is 5.87. The number of nitrogens with zero attached hydrogens (tertiary/aromatic N) is 1. The van der Waals surface area contributed by atoms with Crippen LogP contribution >= 0.6 is 11.6 Å². The molecule has 0 saturated carbocycles. The number of nitrogens with one attached hydrogen (secondary N) is 1. The van der Waals surface area contributed by atoms with E-state index in [9.17, 15) is 9.18 Å². The fourth-order valence-corrected chi connectivity index (χ4v) is 2.37. The fourth-order valence-electron chi connectivity index (χ4n) is 2.18. The second-order valence-corrected chi connectivity index (χ2v) is 5.62. The Morgan fingerprint density at radius 1 is 1.21 bits per heavy atom. The van der Waals surface area contributed by atoms with Gasteiger partial charge < -0.3 is 9.73 Å². The van der Waals surface area contributed by atoms with E-state index in [1.807, 2.05) is 0 Å². The van der Waals surface area contributed by atoms with Crippen LogP contribution in [0.25, 0.3) is 11.3 Å². The third-order valence-corrected chi connectivity index (χ3v) is 3.59. The van der Waals surface area contributed by atoms with Crippen molar-refractivity contribution in [1.29, 1.82) is 0 Å². The number of aromatic nitrogens is 1. The van der Waals surface area contributed by atoms with Gasteiger partial charge in [0.1, 0.15) is 5.82 Å². The predicted octanol–water partition coefficient (Wildman–Crippen LogP) is 4.71. The minimum atomic E-state index is -0.309. The van der Waals surface area contributed by atoms with Gasteiger partial charge in [0.2, 0.25) is 5.91 Å². The number of rotatable bonds is 5. The summed E-state index contributed by atoms with van der Waals surface area (Å²) < 4.78 is 18.5. The highest BCUT2D eigenvalue weighted by Crippen LogP contribution is 2.21. The third-order valence-electron chi connectivity index (χ3n) is 3.36. The largest absolute Gasteiger partial charge is 0.441 e. The number of halogens is 2. The first kappa shape index (κ1) is 16.2. The third kappa shape index (κ3) is 4.20. The van der Waals surface area contributed by atoms with Gasteiger partial charge in [-0.3, -0.25) is 4.79 Å². The normalized spacial score (nSPS) is 10.6. The Balaban J connectivity index is 1.57. The molecule has 0 unspecified atom stereocenters.